The van der Waals surface area contributed by atoms with Gasteiger partial charge in [-0.2, -0.15) is 0 Å². The topological polar surface area (TPSA) is 128 Å². The highest BCUT2D eigenvalue weighted by atomic mass is 16.5. The van der Waals surface area contributed by atoms with Crippen LogP contribution in [0.15, 0.2) is 65.4 Å². The van der Waals surface area contributed by atoms with Crippen LogP contribution in [0.2, 0.25) is 0 Å². The van der Waals surface area contributed by atoms with Crippen LogP contribution in [0.4, 0.5) is 5.69 Å². The number of furan rings is 1. The van der Waals surface area contributed by atoms with Crippen molar-refractivity contribution >= 4 is 28.5 Å². The zero-order chi connectivity index (χ0) is 22.7. The van der Waals surface area contributed by atoms with Crippen LogP contribution >= 0.6 is 0 Å². The van der Waals surface area contributed by atoms with E-state index in [0.717, 1.165) is 5.56 Å². The molecule has 0 aliphatic carbocycles. The Bertz CT molecular complexity index is 1310. The minimum absolute atomic E-state index is 0.210. The molecule has 4 N–H and O–H groups in total. The van der Waals surface area contributed by atoms with Crippen molar-refractivity contribution in [1.29, 1.82) is 0 Å². The fourth-order valence-corrected chi connectivity index (χ4v) is 3.63. The first-order valence-electron chi connectivity index (χ1n) is 9.86. The number of carboxylic acids is 1. The first-order chi connectivity index (χ1) is 15.5. The van der Waals surface area contributed by atoms with Gasteiger partial charge >= 0.3 is 5.97 Å². The summed E-state index contributed by atoms with van der Waals surface area (Å²) in [6, 6.07) is 13.9. The van der Waals surface area contributed by atoms with Crippen LogP contribution in [-0.4, -0.2) is 29.1 Å². The van der Waals surface area contributed by atoms with Crippen molar-refractivity contribution in [3.8, 4) is 16.9 Å². The summed E-state index contributed by atoms with van der Waals surface area (Å²) in [5.74, 6) is -1.06. The Morgan fingerprint density at radius 3 is 2.75 bits per heavy atom. The van der Waals surface area contributed by atoms with E-state index in [2.05, 4.69) is 10.3 Å². The maximum Gasteiger partial charge on any atom is 0.307 e. The lowest BCUT2D eigenvalue weighted by Crippen LogP contribution is -2.15. The fourth-order valence-electron chi connectivity index (χ4n) is 3.63. The molecule has 8 nitrogen and oxygen atoms in total. The second-order valence-electron chi connectivity index (χ2n) is 7.09. The van der Waals surface area contributed by atoms with Gasteiger partial charge < -0.3 is 25.3 Å². The molecule has 1 amide bonds. The Kier molecular flexibility index (Phi) is 5.87. The molecule has 0 atom stereocenters. The third-order valence-electron chi connectivity index (χ3n) is 5.08. The van der Waals surface area contributed by atoms with Gasteiger partial charge in [-0.15, -0.1) is 0 Å². The summed E-state index contributed by atoms with van der Waals surface area (Å²) in [7, 11) is 1.48. The molecule has 8 heteroatoms. The minimum atomic E-state index is -0.986. The number of aromatic nitrogens is 1. The van der Waals surface area contributed by atoms with Crippen LogP contribution < -0.4 is 15.8 Å². The van der Waals surface area contributed by atoms with Crippen LogP contribution in [0.5, 0.6) is 5.75 Å². The van der Waals surface area contributed by atoms with E-state index in [-0.39, 0.29) is 18.5 Å². The number of aliphatic carboxylic acids is 1. The van der Waals surface area contributed by atoms with Crippen LogP contribution in [0.25, 0.3) is 22.1 Å². The van der Waals surface area contributed by atoms with Crippen molar-refractivity contribution in [3.05, 3.63) is 77.8 Å². The molecule has 0 saturated heterocycles. The SMILES string of the molecule is COc1c(C(=O)Nc2ccccc2CC(=O)O)cc(-c2ccnc(CN)c2)c2occc12. The number of rotatable bonds is 7. The smallest absolute Gasteiger partial charge is 0.307 e. The number of benzene rings is 2. The van der Waals surface area contributed by atoms with Crippen LogP contribution in [-0.2, 0) is 17.8 Å². The number of hydrogen-bond donors (Lipinski definition) is 3. The maximum atomic E-state index is 13.3. The molecule has 0 aliphatic heterocycles. The molecule has 32 heavy (non-hydrogen) atoms. The molecule has 2 aromatic carbocycles. The highest BCUT2D eigenvalue weighted by Crippen LogP contribution is 2.39. The summed E-state index contributed by atoms with van der Waals surface area (Å²) in [6.45, 7) is 0.277. The van der Waals surface area contributed by atoms with Gasteiger partial charge in [0.25, 0.3) is 5.91 Å². The van der Waals surface area contributed by atoms with Gasteiger partial charge in [-0.25, -0.2) is 0 Å². The molecule has 0 saturated carbocycles. The Hall–Kier alpha value is -4.17. The van der Waals surface area contributed by atoms with Crippen molar-refractivity contribution in [2.75, 3.05) is 12.4 Å². The summed E-state index contributed by atoms with van der Waals surface area (Å²) in [4.78, 5) is 28.7. The molecule has 4 rings (SSSR count). The van der Waals surface area contributed by atoms with E-state index in [4.69, 9.17) is 20.0 Å². The summed E-state index contributed by atoms with van der Waals surface area (Å²) in [5, 5.41) is 12.6. The lowest BCUT2D eigenvalue weighted by molar-refractivity contribution is -0.136. The predicted octanol–water partition coefficient (Wildman–Crippen LogP) is 3.84. The molecule has 2 heterocycles. The number of para-hydroxylation sites is 1. The van der Waals surface area contributed by atoms with Crippen LogP contribution in [0, 0.1) is 0 Å². The van der Waals surface area contributed by atoms with Gasteiger partial charge in [-0.05, 0) is 41.5 Å². The van der Waals surface area contributed by atoms with E-state index in [1.807, 2.05) is 12.1 Å². The molecule has 0 unspecified atom stereocenters. The van der Waals surface area contributed by atoms with Crippen molar-refractivity contribution in [2.45, 2.75) is 13.0 Å². The van der Waals surface area contributed by atoms with Crippen molar-refractivity contribution in [3.63, 3.8) is 0 Å². The molecule has 0 radical (unpaired) electrons. The Morgan fingerprint density at radius 1 is 1.19 bits per heavy atom. The van der Waals surface area contributed by atoms with Gasteiger partial charge in [-0.1, -0.05) is 18.2 Å². The molecule has 0 spiro atoms. The highest BCUT2D eigenvalue weighted by molar-refractivity contribution is 6.12. The normalized spacial score (nSPS) is 10.8. The first kappa shape index (κ1) is 21.1. The predicted molar refractivity (Wildman–Crippen MR) is 120 cm³/mol. The monoisotopic (exact) mass is 431 g/mol. The zero-order valence-corrected chi connectivity index (χ0v) is 17.3. The number of pyridine rings is 1. The van der Waals surface area contributed by atoms with Gasteiger partial charge in [0.2, 0.25) is 0 Å². The van der Waals surface area contributed by atoms with E-state index >= 15 is 0 Å². The van der Waals surface area contributed by atoms with E-state index in [1.165, 1.54) is 13.4 Å². The number of nitrogens with two attached hydrogens (primary N) is 1. The molecule has 0 fully saturated rings. The van der Waals surface area contributed by atoms with E-state index in [9.17, 15) is 9.59 Å². The largest absolute Gasteiger partial charge is 0.495 e. The first-order valence-corrected chi connectivity index (χ1v) is 9.86. The van der Waals surface area contributed by atoms with Gasteiger partial charge in [0, 0.05) is 24.0 Å². The maximum absolute atomic E-state index is 13.3. The second kappa shape index (κ2) is 8.91. The van der Waals surface area contributed by atoms with Crippen LogP contribution in [0.1, 0.15) is 21.6 Å². The molecule has 162 valence electrons. The summed E-state index contributed by atoms with van der Waals surface area (Å²) in [5.41, 5.74) is 9.69. The molecule has 0 bridgehead atoms. The number of anilines is 1. The molecule has 0 aliphatic rings. The van der Waals surface area contributed by atoms with Gasteiger partial charge in [0.15, 0.2) is 0 Å². The molecular formula is C24H21N3O5. The summed E-state index contributed by atoms with van der Waals surface area (Å²) < 4.78 is 11.3. The van der Waals surface area contributed by atoms with Gasteiger partial charge in [0.05, 0.1) is 36.4 Å². The number of methoxy groups -OCH3 is 1. The number of nitrogens with one attached hydrogen (secondary N) is 1. The van der Waals surface area contributed by atoms with Crippen molar-refractivity contribution < 1.29 is 23.8 Å². The number of carbonyl (C=O) groups is 2. The van der Waals surface area contributed by atoms with Crippen LogP contribution in [0.3, 0.4) is 0 Å². The molecular weight excluding hydrogens is 410 g/mol. The number of carboxylic acid groups (broad SMARTS) is 1. The third-order valence-corrected chi connectivity index (χ3v) is 5.08. The average Bonchev–Trinajstić information content (AvgIpc) is 3.28. The number of carbonyl (C=O) groups excluding carboxylic acids is 1. The van der Waals surface area contributed by atoms with E-state index in [1.54, 1.807) is 42.6 Å². The molecule has 4 aromatic rings. The van der Waals surface area contributed by atoms with E-state index < -0.39 is 11.9 Å². The Labute approximate surface area is 183 Å². The number of nitrogens with zero attached hydrogens (tertiary/aromatic N) is 1. The number of ether oxygens (including phenoxy) is 1. The standard InChI is InChI=1S/C24H21N3O5/c1-31-22-17-7-9-32-23(17)18(14-6-8-26-16(10-14)13-25)12-19(22)24(30)27-20-5-3-2-4-15(20)11-21(28)29/h2-10,12H,11,13,25H2,1H3,(H,27,30)(H,28,29). The Balaban J connectivity index is 1.82. The number of fused-ring (bicyclic) bond motifs is 1. The van der Waals surface area contributed by atoms with Gasteiger partial charge in [0.1, 0.15) is 11.3 Å². The fraction of sp³-hybridized carbons (Fsp3) is 0.125. The lowest BCUT2D eigenvalue weighted by atomic mass is 9.98. The molecule has 2 aromatic heterocycles. The van der Waals surface area contributed by atoms with E-state index in [0.29, 0.717) is 39.2 Å². The number of hydrogen-bond acceptors (Lipinski definition) is 6. The Morgan fingerprint density at radius 2 is 2.00 bits per heavy atom. The minimum Gasteiger partial charge on any atom is -0.495 e. The summed E-state index contributed by atoms with van der Waals surface area (Å²) in [6.07, 6.45) is 2.97. The van der Waals surface area contributed by atoms with Crippen molar-refractivity contribution in [1.82, 2.24) is 4.98 Å². The third kappa shape index (κ3) is 4.03. The van der Waals surface area contributed by atoms with Crippen molar-refractivity contribution in [2.24, 2.45) is 5.73 Å². The lowest BCUT2D eigenvalue weighted by Gasteiger charge is -2.15. The summed E-state index contributed by atoms with van der Waals surface area (Å²) >= 11 is 0. The average molecular weight is 431 g/mol. The van der Waals surface area contributed by atoms with Gasteiger partial charge in [-0.3, -0.25) is 14.6 Å². The number of amides is 1. The zero-order valence-electron chi connectivity index (χ0n) is 17.3. The second-order valence-corrected chi connectivity index (χ2v) is 7.09. The highest BCUT2D eigenvalue weighted by Gasteiger charge is 2.22. The quantitative estimate of drug-likeness (QED) is 0.406.